The van der Waals surface area contributed by atoms with Gasteiger partial charge in [-0.2, -0.15) is 4.57 Å². The fourth-order valence-corrected chi connectivity index (χ4v) is 11.9. The molecule has 33 heteroatoms. The van der Waals surface area contributed by atoms with Crippen molar-refractivity contribution in [2.75, 3.05) is 132 Å². The molecule has 0 spiro atoms. The molecule has 0 unspecified atom stereocenters. The fraction of sp³-hybridized carbons (Fsp3) is 0.338. The Kier molecular flexibility index (Phi) is 28.6. The fourth-order valence-electron chi connectivity index (χ4n) is 9.69. The Morgan fingerprint density at radius 3 is 1.76 bits per heavy atom. The number of aliphatic imine (C=N–C) groups is 1. The highest BCUT2D eigenvalue weighted by Crippen LogP contribution is 2.31. The number of carbonyl (C=O) groups is 6. The van der Waals surface area contributed by atoms with Crippen LogP contribution >= 0.6 is 0 Å². The maximum atomic E-state index is 13.5. The average molecular weight is 1390 g/mol. The molecule has 3 heterocycles. The standard InChI is InChI=1S/C65H79N15O16S2/c1-91-58-41-52(18-20-56(58)72-74-64(85)62(83)67-23-9-27-78-29-33-93-34-30-78)76-97(87,88)54-16-6-14-50(39-54)69-45-95-46-80-26-8-13-49(43-80)61(82)66-22-3-4-25-70-96-44-48-12-5-11-47(37-48)38-60(81)71-51-15-7-17-55(40-51)98(89,90)77-53-19-21-57(59(42-53)92-2)73-75-65(86)63(84)68-24-10-28-79-31-35-94-36-32-79/h5-8,11-21,26,37-43,45,70H,3-4,9-10,22-25,27-36,44,46H2,1-2H3,(H8-2,66,67,68,71,72,73,74,75,76,77,81,82,83,84,85,86)/p+2. The van der Waals surface area contributed by atoms with Crippen molar-refractivity contribution in [2.45, 2.75) is 48.8 Å². The number of aromatic nitrogens is 1. The third kappa shape index (κ3) is 24.2. The van der Waals surface area contributed by atoms with Gasteiger partial charge in [0, 0.05) is 87.9 Å². The Morgan fingerprint density at radius 1 is 0.592 bits per heavy atom. The number of benzene rings is 5. The number of amides is 6. The second kappa shape index (κ2) is 38.0. The molecule has 5 aromatic carbocycles. The molecule has 98 heavy (non-hydrogen) atoms. The lowest BCUT2D eigenvalue weighted by molar-refractivity contribution is -0.726. The minimum Gasteiger partial charge on any atom is -0.494 e. The van der Waals surface area contributed by atoms with Crippen LogP contribution in [0.1, 0.15) is 47.2 Å². The molecule has 8 rings (SSSR count). The van der Waals surface area contributed by atoms with Crippen molar-refractivity contribution < 1.29 is 78.7 Å². The highest BCUT2D eigenvalue weighted by Gasteiger charge is 2.22. The van der Waals surface area contributed by atoms with Crippen molar-refractivity contribution >= 4 is 96.0 Å². The Balaban J connectivity index is 0.682. The molecule has 2 fully saturated rings. The number of hydrazine groups is 2. The van der Waals surface area contributed by atoms with E-state index < -0.39 is 49.6 Å². The molecular formula is C65H81N15O16S2+2. The number of nitrogens with one attached hydrogen (secondary N) is 11. The molecule has 6 aromatic rings. The van der Waals surface area contributed by atoms with Crippen LogP contribution in [-0.4, -0.2) is 175 Å². The van der Waals surface area contributed by atoms with Gasteiger partial charge in [-0.15, -0.1) is 0 Å². The summed E-state index contributed by atoms with van der Waals surface area (Å²) in [5, 5.41) is 10.8. The van der Waals surface area contributed by atoms with E-state index in [4.69, 9.17) is 28.5 Å². The predicted molar refractivity (Wildman–Crippen MR) is 362 cm³/mol. The third-order valence-electron chi connectivity index (χ3n) is 14.8. The van der Waals surface area contributed by atoms with Crippen LogP contribution < -0.4 is 71.9 Å². The number of sulfonamides is 2. The number of ether oxygens (including phenoxy) is 5. The molecule has 6 amide bonds. The largest absolute Gasteiger partial charge is 0.494 e. The summed E-state index contributed by atoms with van der Waals surface area (Å²) in [5.74, 6) is -3.95. The summed E-state index contributed by atoms with van der Waals surface area (Å²) in [5.41, 5.74) is 15.9. The van der Waals surface area contributed by atoms with Crippen molar-refractivity contribution in [3.8, 4) is 11.5 Å². The Labute approximate surface area is 568 Å². The zero-order chi connectivity index (χ0) is 69.5. The normalized spacial score (nSPS) is 13.4. The molecule has 0 aliphatic carbocycles. The minimum absolute atomic E-state index is 0.0116. The molecule has 0 bridgehead atoms. The van der Waals surface area contributed by atoms with Crippen LogP contribution in [-0.2, 0) is 76.4 Å². The Bertz CT molecular complexity index is 3950. The van der Waals surface area contributed by atoms with E-state index in [1.165, 1.54) is 99.8 Å². The van der Waals surface area contributed by atoms with Crippen molar-refractivity contribution in [2.24, 2.45) is 4.99 Å². The predicted octanol–water partition coefficient (Wildman–Crippen LogP) is 2.91. The molecule has 2 aliphatic heterocycles. The topological polar surface area (TPSA) is 381 Å². The number of morpholine rings is 2. The van der Waals surface area contributed by atoms with Gasteiger partial charge >= 0.3 is 29.5 Å². The van der Waals surface area contributed by atoms with E-state index in [2.05, 4.69) is 72.7 Å². The molecule has 2 saturated heterocycles. The first-order chi connectivity index (χ1) is 47.4. The van der Waals surface area contributed by atoms with Gasteiger partial charge in [-0.25, -0.2) is 27.3 Å². The van der Waals surface area contributed by atoms with E-state index >= 15 is 0 Å². The van der Waals surface area contributed by atoms with Gasteiger partial charge in [0.05, 0.1) is 84.9 Å². The lowest BCUT2D eigenvalue weighted by Gasteiger charge is -2.26. The van der Waals surface area contributed by atoms with Crippen LogP contribution in [0.25, 0.3) is 0 Å². The van der Waals surface area contributed by atoms with Gasteiger partial charge < -0.3 is 45.0 Å². The summed E-state index contributed by atoms with van der Waals surface area (Å²) in [4.78, 5) is 89.8. The zero-order valence-electron chi connectivity index (χ0n) is 54.1. The van der Waals surface area contributed by atoms with Gasteiger partial charge in [-0.1, -0.05) is 12.1 Å². The number of methoxy groups -OCH3 is 2. The summed E-state index contributed by atoms with van der Waals surface area (Å²) in [6.07, 6.45) is 8.50. The lowest BCUT2D eigenvalue weighted by atomic mass is 10.1. The van der Waals surface area contributed by atoms with Crippen LogP contribution in [0.3, 0.4) is 0 Å². The molecule has 11 N–H and O–H groups in total. The van der Waals surface area contributed by atoms with E-state index in [1.807, 2.05) is 6.07 Å². The Hall–Kier alpha value is -10.1. The summed E-state index contributed by atoms with van der Waals surface area (Å²) < 4.78 is 87.6. The van der Waals surface area contributed by atoms with Gasteiger partial charge in [0.15, 0.2) is 18.8 Å². The first-order valence-electron chi connectivity index (χ1n) is 31.3. The molecule has 0 atom stereocenters. The van der Waals surface area contributed by atoms with Gasteiger partial charge in [0.1, 0.15) is 35.7 Å². The summed E-state index contributed by atoms with van der Waals surface area (Å²) in [6.45, 7) is 9.20. The molecule has 2 aliphatic rings. The molecule has 1 aromatic heterocycles. The maximum Gasteiger partial charge on any atom is 0.327 e. The van der Waals surface area contributed by atoms with Crippen LogP contribution in [0, 0.1) is 6.42 Å². The second-order valence-electron chi connectivity index (χ2n) is 22.0. The molecule has 31 nitrogen and oxygen atoms in total. The van der Waals surface area contributed by atoms with Crippen molar-refractivity contribution in [1.29, 1.82) is 0 Å². The number of rotatable bonds is 36. The number of hydrogen-bond donors (Lipinski definition) is 11. The summed E-state index contributed by atoms with van der Waals surface area (Å²) in [6, 6.07) is 30.7. The monoisotopic (exact) mass is 1390 g/mol. The van der Waals surface area contributed by atoms with Crippen LogP contribution in [0.4, 0.5) is 34.1 Å². The van der Waals surface area contributed by atoms with Crippen LogP contribution in [0.5, 0.6) is 11.5 Å². The summed E-state index contributed by atoms with van der Waals surface area (Å²) in [7, 11) is -5.57. The van der Waals surface area contributed by atoms with Crippen LogP contribution in [0.2, 0.25) is 0 Å². The molecule has 522 valence electrons. The van der Waals surface area contributed by atoms with Gasteiger partial charge in [0.25, 0.3) is 32.7 Å². The highest BCUT2D eigenvalue weighted by molar-refractivity contribution is 7.93. The van der Waals surface area contributed by atoms with Gasteiger partial charge in [-0.3, -0.25) is 74.6 Å². The zero-order valence-corrected chi connectivity index (χ0v) is 55.8. The number of anilines is 5. The van der Waals surface area contributed by atoms with E-state index in [9.17, 15) is 45.6 Å². The van der Waals surface area contributed by atoms with Crippen molar-refractivity contribution in [1.82, 2.24) is 42.1 Å². The quantitative estimate of drug-likeness (QED) is 0.00512. The van der Waals surface area contributed by atoms with E-state index in [1.54, 1.807) is 59.4 Å². The van der Waals surface area contributed by atoms with E-state index in [-0.39, 0.29) is 74.7 Å². The number of carbonyl (C=O) groups excluding carboxylic acids is 6. The first-order valence-corrected chi connectivity index (χ1v) is 34.3. The lowest BCUT2D eigenvalue weighted by Crippen LogP contribution is -2.43. The van der Waals surface area contributed by atoms with Gasteiger partial charge in [-0.05, 0) is 118 Å². The smallest absolute Gasteiger partial charge is 0.327 e. The molecule has 0 saturated carbocycles. The average Bonchev–Trinajstić information content (AvgIpc) is 0.829. The third-order valence-corrected chi connectivity index (χ3v) is 17.5. The number of hydrogen-bond acceptors (Lipinski definition) is 22. The van der Waals surface area contributed by atoms with Crippen LogP contribution in [0.15, 0.2) is 149 Å². The van der Waals surface area contributed by atoms with E-state index in [0.29, 0.717) is 89.4 Å². The molecular weight excluding hydrogens is 1310 g/mol. The number of pyridine rings is 1. The number of nitrogens with zero attached hydrogens (tertiary/aromatic N) is 4. The van der Waals surface area contributed by atoms with Crippen molar-refractivity contribution in [3.05, 3.63) is 157 Å². The van der Waals surface area contributed by atoms with Gasteiger partial charge in [0.2, 0.25) is 0 Å². The number of hydroxylamine groups is 1. The number of unbranched alkanes of at least 4 members (excludes halogenated alkanes) is 1. The summed E-state index contributed by atoms with van der Waals surface area (Å²) >= 11 is 0. The van der Waals surface area contributed by atoms with Crippen molar-refractivity contribution in [3.63, 3.8) is 0 Å². The highest BCUT2D eigenvalue weighted by atomic mass is 32.2. The Morgan fingerprint density at radius 2 is 1.15 bits per heavy atom. The second-order valence-corrected chi connectivity index (χ2v) is 25.4. The first kappa shape index (κ1) is 73.7. The SMILES string of the molecule is COc1cc(NS(=O)(=O)c2cccc(N=COC[n+]3cccc(C(=O)NCCCCNOCc4cccc([CH+]C(=O)Nc5cccc(S(=O)(=O)Nc6ccc(NNC(=O)C(=O)NCCCN7CCOCC7)c(OC)c6)c5)c4)c3)c2)ccc1NNC(=O)C(=O)NCCCN1CCOCC1. The maximum absolute atomic E-state index is 13.5. The minimum atomic E-state index is -4.17. The molecule has 0 radical (unpaired) electrons. The van der Waals surface area contributed by atoms with E-state index in [0.717, 1.165) is 44.8 Å².